The number of aryl methyl sites for hydroxylation is 1. The Morgan fingerprint density at radius 2 is 1.90 bits per heavy atom. The molecule has 0 bridgehead atoms. The van der Waals surface area contributed by atoms with E-state index in [-0.39, 0.29) is 10.8 Å². The van der Waals surface area contributed by atoms with E-state index >= 15 is 0 Å². The number of nitrogens with one attached hydrogen (secondary N) is 1. The molecule has 0 aromatic heterocycles. The molecule has 3 rings (SSSR count). The van der Waals surface area contributed by atoms with E-state index in [1.165, 1.54) is 0 Å². The van der Waals surface area contributed by atoms with Crippen LogP contribution in [0.15, 0.2) is 41.3 Å². The topological polar surface area (TPSA) is 75.7 Å². The Morgan fingerprint density at radius 3 is 2.55 bits per heavy atom. The summed E-state index contributed by atoms with van der Waals surface area (Å²) in [4.78, 5) is 14.6. The lowest BCUT2D eigenvalue weighted by molar-refractivity contribution is -0.125. The van der Waals surface area contributed by atoms with E-state index in [2.05, 4.69) is 4.72 Å². The lowest BCUT2D eigenvalue weighted by Gasteiger charge is -2.26. The molecule has 1 aliphatic rings. The van der Waals surface area contributed by atoms with Gasteiger partial charge in [0.1, 0.15) is 10.6 Å². The number of carbonyl (C=O) groups is 1. The number of ether oxygens (including phenoxy) is 1. The molecule has 0 atom stereocenters. The van der Waals surface area contributed by atoms with Crippen molar-refractivity contribution in [2.45, 2.75) is 45.9 Å². The van der Waals surface area contributed by atoms with Crippen LogP contribution in [0.5, 0.6) is 5.75 Å². The van der Waals surface area contributed by atoms with Gasteiger partial charge < -0.3 is 9.64 Å². The predicted molar refractivity (Wildman–Crippen MR) is 115 cm³/mol. The minimum Gasteiger partial charge on any atom is -0.492 e. The van der Waals surface area contributed by atoms with E-state index in [1.54, 1.807) is 29.2 Å². The zero-order valence-electron chi connectivity index (χ0n) is 17.6. The molecule has 0 fully saturated rings. The molecule has 0 saturated heterocycles. The minimum absolute atomic E-state index is 0.0218. The first kappa shape index (κ1) is 21.2. The van der Waals surface area contributed by atoms with Gasteiger partial charge >= 0.3 is 0 Å². The summed E-state index contributed by atoms with van der Waals surface area (Å²) in [5, 5.41) is 0. The van der Waals surface area contributed by atoms with Gasteiger partial charge in [-0.3, -0.25) is 9.52 Å². The van der Waals surface area contributed by atoms with E-state index in [0.29, 0.717) is 24.6 Å². The normalized spacial score (nSPS) is 13.9. The lowest BCUT2D eigenvalue weighted by atomic mass is 9.94. The van der Waals surface area contributed by atoms with Crippen molar-refractivity contribution in [3.8, 4) is 5.75 Å². The highest BCUT2D eigenvalue weighted by atomic mass is 32.2. The van der Waals surface area contributed by atoms with Crippen molar-refractivity contribution in [2.24, 2.45) is 5.41 Å². The summed E-state index contributed by atoms with van der Waals surface area (Å²) in [6.45, 7) is 10.3. The molecule has 0 saturated carbocycles. The number of hydrogen-bond acceptors (Lipinski definition) is 4. The molecule has 7 heteroatoms. The van der Waals surface area contributed by atoms with Crippen LogP contribution in [0.3, 0.4) is 0 Å². The number of amides is 1. The summed E-state index contributed by atoms with van der Waals surface area (Å²) in [6.07, 6.45) is 0.760. The molecule has 6 nitrogen and oxygen atoms in total. The van der Waals surface area contributed by atoms with Crippen molar-refractivity contribution in [3.05, 3.63) is 47.5 Å². The second-order valence-electron chi connectivity index (χ2n) is 8.29. The number of fused-ring (bicyclic) bond motifs is 1. The van der Waals surface area contributed by atoms with Crippen molar-refractivity contribution in [1.82, 2.24) is 0 Å². The summed E-state index contributed by atoms with van der Waals surface area (Å²) < 4.78 is 34.3. The second kappa shape index (κ2) is 7.71. The maximum absolute atomic E-state index is 13.1. The van der Waals surface area contributed by atoms with Crippen LogP contribution >= 0.6 is 0 Å². The van der Waals surface area contributed by atoms with Gasteiger partial charge in [0, 0.05) is 17.6 Å². The molecular weight excluding hydrogens is 388 g/mol. The molecule has 0 aliphatic carbocycles. The molecule has 1 aliphatic heterocycles. The standard InChI is InChI=1S/C22H28N2O4S/c1-6-28-19-10-7-15(2)13-20(19)29(26,27)23-17-9-8-16-11-12-24(18(16)14-17)21(25)22(3,4)5/h7-10,13-14,23H,6,11-12H2,1-5H3. The number of benzene rings is 2. The van der Waals surface area contributed by atoms with Crippen LogP contribution < -0.4 is 14.4 Å². The Hall–Kier alpha value is -2.54. The Labute approximate surface area is 172 Å². The lowest BCUT2D eigenvalue weighted by Crippen LogP contribution is -2.38. The van der Waals surface area contributed by atoms with Crippen LogP contribution in [-0.2, 0) is 21.2 Å². The van der Waals surface area contributed by atoms with Crippen LogP contribution in [0.2, 0.25) is 0 Å². The van der Waals surface area contributed by atoms with Gasteiger partial charge in [-0.25, -0.2) is 8.42 Å². The highest BCUT2D eigenvalue weighted by Crippen LogP contribution is 2.35. The Balaban J connectivity index is 1.94. The first-order chi connectivity index (χ1) is 13.5. The summed E-state index contributed by atoms with van der Waals surface area (Å²) in [7, 11) is -3.85. The monoisotopic (exact) mass is 416 g/mol. The fraction of sp³-hybridized carbons (Fsp3) is 0.409. The second-order valence-corrected chi connectivity index (χ2v) is 9.94. The summed E-state index contributed by atoms with van der Waals surface area (Å²) >= 11 is 0. The molecule has 2 aromatic rings. The fourth-order valence-corrected chi connectivity index (χ4v) is 4.65. The SMILES string of the molecule is CCOc1ccc(C)cc1S(=O)(=O)Nc1ccc2c(c1)N(C(=O)C(C)(C)C)CC2. The van der Waals surface area contributed by atoms with Crippen LogP contribution in [0.25, 0.3) is 0 Å². The third-order valence-corrected chi connectivity index (χ3v) is 6.21. The molecule has 1 N–H and O–H groups in total. The summed E-state index contributed by atoms with van der Waals surface area (Å²) in [5.74, 6) is 0.338. The molecule has 1 heterocycles. The third-order valence-electron chi connectivity index (χ3n) is 4.81. The Kier molecular flexibility index (Phi) is 5.63. The molecule has 156 valence electrons. The van der Waals surface area contributed by atoms with Crippen molar-refractivity contribution >= 4 is 27.3 Å². The van der Waals surface area contributed by atoms with Gasteiger partial charge in [-0.05, 0) is 55.7 Å². The van der Waals surface area contributed by atoms with Gasteiger partial charge in [-0.15, -0.1) is 0 Å². The van der Waals surface area contributed by atoms with E-state index < -0.39 is 15.4 Å². The maximum Gasteiger partial charge on any atom is 0.265 e. The van der Waals surface area contributed by atoms with Gasteiger partial charge in [-0.1, -0.05) is 32.9 Å². The maximum atomic E-state index is 13.1. The minimum atomic E-state index is -3.85. The van der Waals surface area contributed by atoms with Gasteiger partial charge in [-0.2, -0.15) is 0 Å². The van der Waals surface area contributed by atoms with Crippen LogP contribution in [0, 0.1) is 12.3 Å². The highest BCUT2D eigenvalue weighted by Gasteiger charge is 2.32. The zero-order chi connectivity index (χ0) is 21.4. The van der Waals surface area contributed by atoms with Gasteiger partial charge in [0.2, 0.25) is 5.91 Å². The molecule has 0 radical (unpaired) electrons. The molecule has 2 aromatic carbocycles. The predicted octanol–water partition coefficient (Wildman–Crippen LogP) is 4.13. The highest BCUT2D eigenvalue weighted by molar-refractivity contribution is 7.92. The molecule has 0 spiro atoms. The van der Waals surface area contributed by atoms with Crippen LogP contribution in [0.1, 0.15) is 38.8 Å². The van der Waals surface area contributed by atoms with Gasteiger partial charge in [0.15, 0.2) is 0 Å². The number of nitrogens with zero attached hydrogens (tertiary/aromatic N) is 1. The number of hydrogen-bond donors (Lipinski definition) is 1. The summed E-state index contributed by atoms with van der Waals surface area (Å²) in [6, 6.07) is 10.4. The van der Waals surface area contributed by atoms with Crippen molar-refractivity contribution in [3.63, 3.8) is 0 Å². The Bertz CT molecular complexity index is 1040. The number of sulfonamides is 1. The number of carbonyl (C=O) groups excluding carboxylic acids is 1. The smallest absolute Gasteiger partial charge is 0.265 e. The van der Waals surface area contributed by atoms with Crippen molar-refractivity contribution < 1.29 is 17.9 Å². The quantitative estimate of drug-likeness (QED) is 0.795. The van der Waals surface area contributed by atoms with E-state index in [9.17, 15) is 13.2 Å². The first-order valence-corrected chi connectivity index (χ1v) is 11.2. The van der Waals surface area contributed by atoms with E-state index in [0.717, 1.165) is 23.2 Å². The average molecular weight is 417 g/mol. The van der Waals surface area contributed by atoms with E-state index in [4.69, 9.17) is 4.74 Å². The Morgan fingerprint density at radius 1 is 1.17 bits per heavy atom. The first-order valence-electron chi connectivity index (χ1n) is 9.74. The molecule has 1 amide bonds. The fourth-order valence-electron chi connectivity index (χ4n) is 3.37. The largest absolute Gasteiger partial charge is 0.492 e. The van der Waals surface area contributed by atoms with Crippen LogP contribution in [-0.4, -0.2) is 27.5 Å². The number of anilines is 2. The number of rotatable bonds is 5. The zero-order valence-corrected chi connectivity index (χ0v) is 18.4. The van der Waals surface area contributed by atoms with Crippen molar-refractivity contribution in [1.29, 1.82) is 0 Å². The molecule has 29 heavy (non-hydrogen) atoms. The average Bonchev–Trinajstić information content (AvgIpc) is 3.04. The van der Waals surface area contributed by atoms with E-state index in [1.807, 2.05) is 46.8 Å². The van der Waals surface area contributed by atoms with Gasteiger partial charge in [0.25, 0.3) is 10.0 Å². The molecular formula is C22H28N2O4S. The van der Waals surface area contributed by atoms with Gasteiger partial charge in [0.05, 0.1) is 12.3 Å². The summed E-state index contributed by atoms with van der Waals surface area (Å²) in [5.41, 5.74) is 2.53. The molecule has 0 unspecified atom stereocenters. The van der Waals surface area contributed by atoms with Crippen LogP contribution in [0.4, 0.5) is 11.4 Å². The van der Waals surface area contributed by atoms with Crippen molar-refractivity contribution in [2.75, 3.05) is 22.8 Å². The third kappa shape index (κ3) is 4.40.